The van der Waals surface area contributed by atoms with Gasteiger partial charge in [-0.05, 0) is 37.0 Å². The Balaban J connectivity index is 1.82. The van der Waals surface area contributed by atoms with Crippen LogP contribution in [-0.2, 0) is 6.54 Å². The summed E-state index contributed by atoms with van der Waals surface area (Å²) in [6.45, 7) is 3.90. The summed E-state index contributed by atoms with van der Waals surface area (Å²) in [7, 11) is 0. The smallest absolute Gasteiger partial charge is 0.119 e. The van der Waals surface area contributed by atoms with Crippen LogP contribution in [0.15, 0.2) is 24.3 Å². The van der Waals surface area contributed by atoms with Crippen molar-refractivity contribution >= 4 is 0 Å². The first-order valence-electron chi connectivity index (χ1n) is 6.83. The first-order chi connectivity index (χ1) is 8.38. The lowest BCUT2D eigenvalue weighted by atomic mass is 10.2. The molecule has 0 heterocycles. The van der Waals surface area contributed by atoms with E-state index in [1.807, 2.05) is 6.07 Å². The summed E-state index contributed by atoms with van der Waals surface area (Å²) >= 11 is 0. The highest BCUT2D eigenvalue weighted by molar-refractivity contribution is 5.28. The molecule has 0 amide bonds. The summed E-state index contributed by atoms with van der Waals surface area (Å²) in [5.74, 6) is 0.998. The van der Waals surface area contributed by atoms with Crippen molar-refractivity contribution in [3.8, 4) is 5.75 Å². The van der Waals surface area contributed by atoms with Crippen molar-refractivity contribution < 1.29 is 4.74 Å². The van der Waals surface area contributed by atoms with E-state index in [1.54, 1.807) is 0 Å². The fourth-order valence-corrected chi connectivity index (χ4v) is 2.36. The van der Waals surface area contributed by atoms with Gasteiger partial charge in [-0.15, -0.1) is 0 Å². The maximum Gasteiger partial charge on any atom is 0.119 e. The Morgan fingerprint density at radius 2 is 2.12 bits per heavy atom. The molecule has 0 saturated heterocycles. The van der Waals surface area contributed by atoms with Crippen LogP contribution in [-0.4, -0.2) is 12.6 Å². The van der Waals surface area contributed by atoms with Gasteiger partial charge in [0.2, 0.25) is 0 Å². The molecule has 1 aliphatic rings. The molecule has 0 unspecified atom stereocenters. The van der Waals surface area contributed by atoms with E-state index >= 15 is 0 Å². The largest absolute Gasteiger partial charge is 0.494 e. The predicted octanol–water partition coefficient (Wildman–Crippen LogP) is 3.51. The van der Waals surface area contributed by atoms with Gasteiger partial charge in [-0.2, -0.15) is 0 Å². The number of rotatable bonds is 6. The molecule has 1 aromatic rings. The average Bonchev–Trinajstić information content (AvgIpc) is 2.87. The van der Waals surface area contributed by atoms with Gasteiger partial charge in [0.1, 0.15) is 5.75 Å². The Hall–Kier alpha value is -1.02. The van der Waals surface area contributed by atoms with E-state index in [2.05, 4.69) is 30.4 Å². The minimum absolute atomic E-state index is 0.732. The van der Waals surface area contributed by atoms with Gasteiger partial charge in [-0.25, -0.2) is 0 Å². The first kappa shape index (κ1) is 12.4. The molecule has 0 bridgehead atoms. The second-order valence-corrected chi connectivity index (χ2v) is 4.86. The number of ether oxygens (including phenoxy) is 1. The highest BCUT2D eigenvalue weighted by Crippen LogP contribution is 2.19. The minimum Gasteiger partial charge on any atom is -0.494 e. The van der Waals surface area contributed by atoms with Crippen molar-refractivity contribution in [2.75, 3.05) is 6.61 Å². The molecule has 1 aromatic carbocycles. The zero-order valence-corrected chi connectivity index (χ0v) is 10.7. The summed E-state index contributed by atoms with van der Waals surface area (Å²) < 4.78 is 5.64. The third-order valence-electron chi connectivity index (χ3n) is 3.32. The average molecular weight is 233 g/mol. The molecule has 1 aliphatic carbocycles. The molecular formula is C15H23NO. The van der Waals surface area contributed by atoms with Crippen LogP contribution in [0.25, 0.3) is 0 Å². The zero-order chi connectivity index (χ0) is 11.9. The summed E-state index contributed by atoms with van der Waals surface area (Å²) in [4.78, 5) is 0. The normalized spacial score (nSPS) is 16.3. The van der Waals surface area contributed by atoms with Crippen LogP contribution in [0.5, 0.6) is 5.75 Å². The minimum atomic E-state index is 0.732. The standard InChI is InChI=1S/C15H23NO/c1-2-10-17-15-9-5-6-13(11-15)12-16-14-7-3-4-8-14/h5-6,9,11,14,16H,2-4,7-8,10,12H2,1H3. The predicted molar refractivity (Wildman–Crippen MR) is 71.3 cm³/mol. The quantitative estimate of drug-likeness (QED) is 0.812. The molecule has 0 aromatic heterocycles. The van der Waals surface area contributed by atoms with E-state index in [4.69, 9.17) is 4.74 Å². The van der Waals surface area contributed by atoms with Gasteiger partial charge in [0.15, 0.2) is 0 Å². The maximum atomic E-state index is 5.64. The van der Waals surface area contributed by atoms with E-state index in [0.717, 1.165) is 31.4 Å². The van der Waals surface area contributed by atoms with Crippen LogP contribution in [0.4, 0.5) is 0 Å². The monoisotopic (exact) mass is 233 g/mol. The Morgan fingerprint density at radius 3 is 2.88 bits per heavy atom. The Bertz CT molecular complexity index is 331. The molecular weight excluding hydrogens is 210 g/mol. The summed E-state index contributed by atoms with van der Waals surface area (Å²) in [5, 5.41) is 3.63. The van der Waals surface area contributed by atoms with Gasteiger partial charge in [0, 0.05) is 12.6 Å². The third kappa shape index (κ3) is 4.04. The highest BCUT2D eigenvalue weighted by atomic mass is 16.5. The zero-order valence-electron chi connectivity index (χ0n) is 10.7. The van der Waals surface area contributed by atoms with Gasteiger partial charge in [-0.3, -0.25) is 0 Å². The van der Waals surface area contributed by atoms with Gasteiger partial charge in [0.25, 0.3) is 0 Å². The van der Waals surface area contributed by atoms with Gasteiger partial charge < -0.3 is 10.1 Å². The maximum absolute atomic E-state index is 5.64. The van der Waals surface area contributed by atoms with Crippen LogP contribution in [0.2, 0.25) is 0 Å². The lowest BCUT2D eigenvalue weighted by molar-refractivity contribution is 0.317. The molecule has 94 valence electrons. The van der Waals surface area contributed by atoms with Gasteiger partial charge in [0.05, 0.1) is 6.61 Å². The number of nitrogens with one attached hydrogen (secondary N) is 1. The molecule has 2 nitrogen and oxygen atoms in total. The second-order valence-electron chi connectivity index (χ2n) is 4.86. The molecule has 1 N–H and O–H groups in total. The van der Waals surface area contributed by atoms with E-state index in [0.29, 0.717) is 0 Å². The molecule has 0 atom stereocenters. The number of hydrogen-bond acceptors (Lipinski definition) is 2. The lowest BCUT2D eigenvalue weighted by Gasteiger charge is -2.12. The van der Waals surface area contributed by atoms with E-state index < -0.39 is 0 Å². The van der Waals surface area contributed by atoms with Crippen LogP contribution >= 0.6 is 0 Å². The highest BCUT2D eigenvalue weighted by Gasteiger charge is 2.13. The fourth-order valence-electron chi connectivity index (χ4n) is 2.36. The second kappa shape index (κ2) is 6.65. The molecule has 17 heavy (non-hydrogen) atoms. The Labute approximate surface area is 104 Å². The number of hydrogen-bond donors (Lipinski definition) is 1. The summed E-state index contributed by atoms with van der Waals surface area (Å²) in [6, 6.07) is 9.17. The molecule has 1 fully saturated rings. The topological polar surface area (TPSA) is 21.3 Å². The van der Waals surface area contributed by atoms with Crippen molar-refractivity contribution in [3.63, 3.8) is 0 Å². The SMILES string of the molecule is CCCOc1cccc(CNC2CCCC2)c1. The van der Waals surface area contributed by atoms with Gasteiger partial charge >= 0.3 is 0 Å². The van der Waals surface area contributed by atoms with Crippen molar-refractivity contribution in [1.29, 1.82) is 0 Å². The Kier molecular flexibility index (Phi) is 4.87. The lowest BCUT2D eigenvalue weighted by Crippen LogP contribution is -2.25. The molecule has 0 aliphatic heterocycles. The third-order valence-corrected chi connectivity index (χ3v) is 3.32. The Morgan fingerprint density at radius 1 is 1.29 bits per heavy atom. The molecule has 0 radical (unpaired) electrons. The van der Waals surface area contributed by atoms with Crippen LogP contribution in [0.3, 0.4) is 0 Å². The fraction of sp³-hybridized carbons (Fsp3) is 0.600. The first-order valence-corrected chi connectivity index (χ1v) is 6.83. The van der Waals surface area contributed by atoms with Crippen molar-refractivity contribution in [1.82, 2.24) is 5.32 Å². The molecule has 2 heteroatoms. The van der Waals surface area contributed by atoms with Crippen molar-refractivity contribution in [2.24, 2.45) is 0 Å². The van der Waals surface area contributed by atoms with Crippen molar-refractivity contribution in [2.45, 2.75) is 51.6 Å². The van der Waals surface area contributed by atoms with Crippen LogP contribution < -0.4 is 10.1 Å². The number of benzene rings is 1. The van der Waals surface area contributed by atoms with E-state index in [9.17, 15) is 0 Å². The molecule has 1 saturated carbocycles. The molecule has 0 spiro atoms. The molecule has 2 rings (SSSR count). The summed E-state index contributed by atoms with van der Waals surface area (Å²) in [6.07, 6.45) is 6.51. The van der Waals surface area contributed by atoms with Gasteiger partial charge in [-0.1, -0.05) is 31.9 Å². The van der Waals surface area contributed by atoms with Crippen LogP contribution in [0, 0.1) is 0 Å². The summed E-state index contributed by atoms with van der Waals surface area (Å²) in [5.41, 5.74) is 1.32. The van der Waals surface area contributed by atoms with Crippen LogP contribution in [0.1, 0.15) is 44.6 Å². The van der Waals surface area contributed by atoms with E-state index in [1.165, 1.54) is 31.2 Å². The van der Waals surface area contributed by atoms with Crippen molar-refractivity contribution in [3.05, 3.63) is 29.8 Å². The van der Waals surface area contributed by atoms with E-state index in [-0.39, 0.29) is 0 Å².